The molecule has 20 heavy (non-hydrogen) atoms. The van der Waals surface area contributed by atoms with Crippen molar-refractivity contribution in [3.05, 3.63) is 59.7 Å². The second-order valence-electron chi connectivity index (χ2n) is 4.75. The molecule has 0 spiro atoms. The molecule has 0 fully saturated rings. The molecular formula is C17H19NO2. The predicted molar refractivity (Wildman–Crippen MR) is 81.4 cm³/mol. The van der Waals surface area contributed by atoms with Crippen LogP contribution in [0.5, 0.6) is 5.75 Å². The lowest BCUT2D eigenvalue weighted by Gasteiger charge is -2.10. The standard InChI is InChI=1S/C17H19NO2/c1-13-8-9-17(20-2)14(10-13)11-16(19)12-18-15-6-4-3-5-7-15/h3-10,18H,11-12H2,1-2H3. The first-order valence-electron chi connectivity index (χ1n) is 6.63. The van der Waals surface area contributed by atoms with E-state index in [1.807, 2.05) is 55.5 Å². The van der Waals surface area contributed by atoms with Gasteiger partial charge in [0.05, 0.1) is 13.7 Å². The summed E-state index contributed by atoms with van der Waals surface area (Å²) >= 11 is 0. The number of carbonyl (C=O) groups is 1. The Morgan fingerprint density at radius 1 is 1.15 bits per heavy atom. The zero-order chi connectivity index (χ0) is 14.4. The Kier molecular flexibility index (Phi) is 4.77. The Labute approximate surface area is 119 Å². The second kappa shape index (κ2) is 6.75. The number of methoxy groups -OCH3 is 1. The van der Waals surface area contributed by atoms with E-state index in [0.29, 0.717) is 13.0 Å². The number of benzene rings is 2. The molecule has 0 amide bonds. The van der Waals surface area contributed by atoms with Crippen molar-refractivity contribution in [2.75, 3.05) is 19.0 Å². The maximum Gasteiger partial charge on any atom is 0.156 e. The van der Waals surface area contributed by atoms with Gasteiger partial charge in [-0.05, 0) is 25.1 Å². The van der Waals surface area contributed by atoms with Gasteiger partial charge in [0.15, 0.2) is 5.78 Å². The summed E-state index contributed by atoms with van der Waals surface area (Å²) in [5.41, 5.74) is 3.02. The third-order valence-electron chi connectivity index (χ3n) is 3.09. The predicted octanol–water partition coefficient (Wildman–Crippen LogP) is 3.23. The van der Waals surface area contributed by atoms with Crippen molar-refractivity contribution >= 4 is 11.5 Å². The first-order valence-corrected chi connectivity index (χ1v) is 6.63. The summed E-state index contributed by atoms with van der Waals surface area (Å²) < 4.78 is 5.29. The minimum atomic E-state index is 0.137. The zero-order valence-electron chi connectivity index (χ0n) is 11.8. The summed E-state index contributed by atoms with van der Waals surface area (Å²) in [6.07, 6.45) is 0.380. The molecule has 2 rings (SSSR count). The third kappa shape index (κ3) is 3.85. The highest BCUT2D eigenvalue weighted by Gasteiger charge is 2.09. The van der Waals surface area contributed by atoms with Gasteiger partial charge in [0, 0.05) is 17.7 Å². The molecule has 0 radical (unpaired) electrons. The number of hydrogen-bond acceptors (Lipinski definition) is 3. The van der Waals surface area contributed by atoms with Crippen LogP contribution in [0, 0.1) is 6.92 Å². The van der Waals surface area contributed by atoms with Crippen molar-refractivity contribution in [2.24, 2.45) is 0 Å². The Morgan fingerprint density at radius 2 is 1.90 bits per heavy atom. The van der Waals surface area contributed by atoms with Gasteiger partial charge in [0.25, 0.3) is 0 Å². The van der Waals surface area contributed by atoms with Gasteiger partial charge in [-0.25, -0.2) is 0 Å². The van der Waals surface area contributed by atoms with Gasteiger partial charge in [0.2, 0.25) is 0 Å². The van der Waals surface area contributed by atoms with E-state index in [0.717, 1.165) is 22.6 Å². The second-order valence-corrected chi connectivity index (χ2v) is 4.75. The summed E-state index contributed by atoms with van der Waals surface area (Å²) in [5, 5.41) is 3.13. The molecule has 0 bridgehead atoms. The smallest absolute Gasteiger partial charge is 0.156 e. The van der Waals surface area contributed by atoms with Gasteiger partial charge < -0.3 is 10.1 Å². The van der Waals surface area contributed by atoms with Crippen LogP contribution in [0.25, 0.3) is 0 Å². The molecule has 0 aliphatic heterocycles. The fraction of sp³-hybridized carbons (Fsp3) is 0.235. The lowest BCUT2D eigenvalue weighted by atomic mass is 10.0. The van der Waals surface area contributed by atoms with E-state index in [4.69, 9.17) is 4.74 Å². The van der Waals surface area contributed by atoms with E-state index in [1.165, 1.54) is 0 Å². The Balaban J connectivity index is 1.96. The first kappa shape index (κ1) is 14.1. The van der Waals surface area contributed by atoms with Crippen molar-refractivity contribution in [1.82, 2.24) is 0 Å². The number of ketones is 1. The van der Waals surface area contributed by atoms with Crippen LogP contribution in [0.3, 0.4) is 0 Å². The average molecular weight is 269 g/mol. The highest BCUT2D eigenvalue weighted by Crippen LogP contribution is 2.20. The topological polar surface area (TPSA) is 38.3 Å². The van der Waals surface area contributed by atoms with Crippen molar-refractivity contribution in [1.29, 1.82) is 0 Å². The summed E-state index contributed by atoms with van der Waals surface area (Å²) in [7, 11) is 1.63. The van der Waals surface area contributed by atoms with Crippen LogP contribution in [0.15, 0.2) is 48.5 Å². The zero-order valence-corrected chi connectivity index (χ0v) is 11.8. The van der Waals surface area contributed by atoms with Crippen LogP contribution >= 0.6 is 0 Å². The van der Waals surface area contributed by atoms with Gasteiger partial charge in [-0.2, -0.15) is 0 Å². The lowest BCUT2D eigenvalue weighted by Crippen LogP contribution is -2.16. The van der Waals surface area contributed by atoms with E-state index >= 15 is 0 Å². The number of Topliss-reactive ketones (excluding diaryl/α,β-unsaturated/α-hetero) is 1. The number of nitrogens with one attached hydrogen (secondary N) is 1. The van der Waals surface area contributed by atoms with Crippen LogP contribution in [0.1, 0.15) is 11.1 Å². The van der Waals surface area contributed by atoms with Gasteiger partial charge in [-0.3, -0.25) is 4.79 Å². The fourth-order valence-electron chi connectivity index (χ4n) is 2.08. The monoisotopic (exact) mass is 269 g/mol. The molecule has 104 valence electrons. The van der Waals surface area contributed by atoms with Crippen molar-refractivity contribution in [2.45, 2.75) is 13.3 Å². The molecule has 0 aromatic heterocycles. The van der Waals surface area contributed by atoms with Crippen LogP contribution in [0.2, 0.25) is 0 Å². The number of hydrogen-bond donors (Lipinski definition) is 1. The minimum Gasteiger partial charge on any atom is -0.496 e. The normalized spacial score (nSPS) is 10.1. The van der Waals surface area contributed by atoms with E-state index in [1.54, 1.807) is 7.11 Å². The summed E-state index contributed by atoms with van der Waals surface area (Å²) in [5.74, 6) is 0.904. The largest absolute Gasteiger partial charge is 0.496 e. The maximum atomic E-state index is 12.0. The fourth-order valence-corrected chi connectivity index (χ4v) is 2.08. The highest BCUT2D eigenvalue weighted by atomic mass is 16.5. The van der Waals surface area contributed by atoms with E-state index in [-0.39, 0.29) is 5.78 Å². The maximum absolute atomic E-state index is 12.0. The molecule has 0 atom stereocenters. The quantitative estimate of drug-likeness (QED) is 0.875. The van der Waals surface area contributed by atoms with E-state index in [9.17, 15) is 4.79 Å². The molecule has 0 saturated heterocycles. The third-order valence-corrected chi connectivity index (χ3v) is 3.09. The molecule has 1 N–H and O–H groups in total. The lowest BCUT2D eigenvalue weighted by molar-refractivity contribution is -0.116. The molecule has 0 heterocycles. The number of aryl methyl sites for hydroxylation is 1. The number of para-hydroxylation sites is 1. The Morgan fingerprint density at radius 3 is 2.60 bits per heavy atom. The molecule has 0 aliphatic rings. The summed E-state index contributed by atoms with van der Waals surface area (Å²) in [6, 6.07) is 15.6. The highest BCUT2D eigenvalue weighted by molar-refractivity contribution is 5.85. The van der Waals surface area contributed by atoms with E-state index < -0.39 is 0 Å². The SMILES string of the molecule is COc1ccc(C)cc1CC(=O)CNc1ccccc1. The molecule has 0 aliphatic carbocycles. The number of carbonyl (C=O) groups excluding carboxylic acids is 1. The number of ether oxygens (including phenoxy) is 1. The molecule has 2 aromatic rings. The van der Waals surface area contributed by atoms with Crippen LogP contribution in [-0.4, -0.2) is 19.4 Å². The average Bonchev–Trinajstić information content (AvgIpc) is 2.46. The summed E-state index contributed by atoms with van der Waals surface area (Å²) in [6.45, 7) is 2.33. The van der Waals surface area contributed by atoms with Gasteiger partial charge >= 0.3 is 0 Å². The molecule has 3 heteroatoms. The van der Waals surface area contributed by atoms with Crippen molar-refractivity contribution in [3.8, 4) is 5.75 Å². The van der Waals surface area contributed by atoms with Crippen LogP contribution < -0.4 is 10.1 Å². The van der Waals surface area contributed by atoms with E-state index in [2.05, 4.69) is 5.32 Å². The van der Waals surface area contributed by atoms with Crippen LogP contribution in [0.4, 0.5) is 5.69 Å². The van der Waals surface area contributed by atoms with Crippen molar-refractivity contribution in [3.63, 3.8) is 0 Å². The molecule has 2 aromatic carbocycles. The summed E-state index contributed by atoms with van der Waals surface area (Å²) in [4.78, 5) is 12.0. The first-order chi connectivity index (χ1) is 9.69. The number of anilines is 1. The Bertz CT molecular complexity index is 579. The minimum absolute atomic E-state index is 0.137. The van der Waals surface area contributed by atoms with Gasteiger partial charge in [-0.15, -0.1) is 0 Å². The number of rotatable bonds is 6. The van der Waals surface area contributed by atoms with Crippen LogP contribution in [-0.2, 0) is 11.2 Å². The molecular weight excluding hydrogens is 250 g/mol. The Hall–Kier alpha value is -2.29. The molecule has 0 saturated carbocycles. The van der Waals surface area contributed by atoms with Gasteiger partial charge in [-0.1, -0.05) is 35.9 Å². The van der Waals surface area contributed by atoms with Gasteiger partial charge in [0.1, 0.15) is 5.75 Å². The molecule has 3 nitrogen and oxygen atoms in total. The van der Waals surface area contributed by atoms with Crippen molar-refractivity contribution < 1.29 is 9.53 Å². The molecule has 0 unspecified atom stereocenters.